The summed E-state index contributed by atoms with van der Waals surface area (Å²) in [4.78, 5) is 19.9. The number of nitrogens with two attached hydrogens (primary N) is 1. The molecule has 4 N–H and O–H groups in total. The second-order valence-corrected chi connectivity index (χ2v) is 5.66. The van der Waals surface area contributed by atoms with Gasteiger partial charge < -0.3 is 16.0 Å². The van der Waals surface area contributed by atoms with Crippen molar-refractivity contribution in [2.24, 2.45) is 11.7 Å². The number of aromatic nitrogens is 2. The van der Waals surface area contributed by atoms with Gasteiger partial charge in [-0.3, -0.25) is 4.79 Å². The van der Waals surface area contributed by atoms with Gasteiger partial charge in [-0.1, -0.05) is 20.3 Å². The molecular weight excluding hydrogens is 335 g/mol. The third-order valence-corrected chi connectivity index (χ3v) is 3.77. The normalized spacial score (nSPS) is 12.9. The zero-order valence-electron chi connectivity index (χ0n) is 13.8. The number of aryl methyl sites for hydroxylation is 1. The fourth-order valence-corrected chi connectivity index (χ4v) is 2.10. The number of carbonyl (C=O) groups is 1. The molecule has 0 radical (unpaired) electrons. The highest BCUT2D eigenvalue weighted by Gasteiger charge is 2.17. The van der Waals surface area contributed by atoms with E-state index in [0.29, 0.717) is 0 Å². The van der Waals surface area contributed by atoms with Crippen molar-refractivity contribution >= 4 is 47.4 Å². The van der Waals surface area contributed by atoms with E-state index in [0.717, 1.165) is 41.8 Å². The maximum Gasteiger partial charge on any atom is 0.228 e. The zero-order chi connectivity index (χ0) is 15.4. The molecule has 2 atom stereocenters. The highest BCUT2D eigenvalue weighted by Crippen LogP contribution is 2.19. The van der Waals surface area contributed by atoms with Crippen LogP contribution in [0.25, 0.3) is 11.0 Å². The average molecular weight is 361 g/mol. The second kappa shape index (κ2) is 9.75. The van der Waals surface area contributed by atoms with Gasteiger partial charge in [-0.25, -0.2) is 4.98 Å². The molecule has 0 spiro atoms. The Balaban J connectivity index is 0.00000242. The number of aromatic amines is 1. The third kappa shape index (κ3) is 5.68. The van der Waals surface area contributed by atoms with Gasteiger partial charge in [0, 0.05) is 18.2 Å². The molecule has 23 heavy (non-hydrogen) atoms. The van der Waals surface area contributed by atoms with Gasteiger partial charge in [0.1, 0.15) is 5.82 Å². The van der Waals surface area contributed by atoms with E-state index in [4.69, 9.17) is 5.73 Å². The first-order valence-corrected chi connectivity index (χ1v) is 7.56. The van der Waals surface area contributed by atoms with Gasteiger partial charge in [-0.15, -0.1) is 24.8 Å². The van der Waals surface area contributed by atoms with E-state index in [9.17, 15) is 4.79 Å². The smallest absolute Gasteiger partial charge is 0.228 e. The van der Waals surface area contributed by atoms with Crippen LogP contribution < -0.4 is 11.1 Å². The van der Waals surface area contributed by atoms with Crippen LogP contribution in [0.3, 0.4) is 0 Å². The van der Waals surface area contributed by atoms with Gasteiger partial charge in [0.05, 0.1) is 17.0 Å². The number of fused-ring (bicyclic) bond motifs is 1. The van der Waals surface area contributed by atoms with Crippen LogP contribution in [0.15, 0.2) is 18.2 Å². The number of carbonyl (C=O) groups excluding carboxylic acids is 1. The predicted molar refractivity (Wildman–Crippen MR) is 101 cm³/mol. The Morgan fingerprint density at radius 2 is 2.04 bits per heavy atom. The van der Waals surface area contributed by atoms with Gasteiger partial charge in [-0.2, -0.15) is 0 Å². The largest absolute Gasteiger partial charge is 0.342 e. The lowest BCUT2D eigenvalue weighted by Gasteiger charge is -2.15. The molecule has 0 fully saturated rings. The Hall–Kier alpha value is -1.30. The number of nitrogens with zero attached hydrogens (tertiary/aromatic N) is 1. The summed E-state index contributed by atoms with van der Waals surface area (Å²) in [6.07, 6.45) is 3.22. The third-order valence-electron chi connectivity index (χ3n) is 3.77. The number of nitrogens with one attached hydrogen (secondary N) is 2. The van der Waals surface area contributed by atoms with E-state index in [-0.39, 0.29) is 42.7 Å². The summed E-state index contributed by atoms with van der Waals surface area (Å²) in [6, 6.07) is 5.55. The molecule has 0 aliphatic heterocycles. The van der Waals surface area contributed by atoms with Crippen LogP contribution in [-0.4, -0.2) is 21.9 Å². The summed E-state index contributed by atoms with van der Waals surface area (Å²) < 4.78 is 0. The Bertz CT molecular complexity index is 628. The van der Waals surface area contributed by atoms with Gasteiger partial charge in [0.2, 0.25) is 5.91 Å². The standard InChI is InChI=1S/C16H24N4O.2ClH/c1-4-5-6-15-19-13-8-7-12(9-14(13)20-15)18-16(21)10(2)11(3)17;;/h7-11H,4-6,17H2,1-3H3,(H,18,21)(H,19,20);2*1H. The predicted octanol–water partition coefficient (Wildman–Crippen LogP) is 3.67. The second-order valence-electron chi connectivity index (χ2n) is 5.66. The molecule has 0 aliphatic carbocycles. The SMILES string of the molecule is CCCCc1nc2ccc(NC(=O)C(C)C(C)N)cc2[nH]1.Cl.Cl. The fourth-order valence-electron chi connectivity index (χ4n) is 2.10. The molecule has 2 aromatic rings. The maximum atomic E-state index is 12.0. The van der Waals surface area contributed by atoms with Crippen LogP contribution in [0.2, 0.25) is 0 Å². The van der Waals surface area contributed by atoms with Crippen molar-refractivity contribution in [1.29, 1.82) is 0 Å². The van der Waals surface area contributed by atoms with Crippen LogP contribution in [-0.2, 0) is 11.2 Å². The van der Waals surface area contributed by atoms with Crippen LogP contribution >= 0.6 is 24.8 Å². The van der Waals surface area contributed by atoms with Gasteiger partial charge in [0.15, 0.2) is 0 Å². The number of imidazole rings is 1. The lowest BCUT2D eigenvalue weighted by molar-refractivity contribution is -0.119. The van der Waals surface area contributed by atoms with Crippen molar-refractivity contribution < 1.29 is 4.79 Å². The van der Waals surface area contributed by atoms with Crippen molar-refractivity contribution in [1.82, 2.24) is 9.97 Å². The summed E-state index contributed by atoms with van der Waals surface area (Å²) in [6.45, 7) is 5.83. The van der Waals surface area contributed by atoms with Crippen molar-refractivity contribution in [3.8, 4) is 0 Å². The van der Waals surface area contributed by atoms with Crippen LogP contribution in [0.5, 0.6) is 0 Å². The monoisotopic (exact) mass is 360 g/mol. The number of anilines is 1. The molecule has 1 aromatic heterocycles. The first-order chi connectivity index (χ1) is 10.0. The van der Waals surface area contributed by atoms with E-state index >= 15 is 0 Å². The maximum absolute atomic E-state index is 12.0. The molecule has 1 heterocycles. The number of rotatable bonds is 6. The van der Waals surface area contributed by atoms with E-state index in [1.54, 1.807) is 0 Å². The van der Waals surface area contributed by atoms with Crippen molar-refractivity contribution in [3.05, 3.63) is 24.0 Å². The number of amides is 1. The van der Waals surface area contributed by atoms with Gasteiger partial charge >= 0.3 is 0 Å². The molecule has 130 valence electrons. The minimum Gasteiger partial charge on any atom is -0.342 e. The number of halogens is 2. The molecule has 1 amide bonds. The van der Waals surface area contributed by atoms with Gasteiger partial charge in [0.25, 0.3) is 0 Å². The first-order valence-electron chi connectivity index (χ1n) is 7.56. The first kappa shape index (κ1) is 21.7. The Labute approximate surface area is 149 Å². The lowest BCUT2D eigenvalue weighted by Crippen LogP contribution is -2.34. The number of unbranched alkanes of at least 4 members (excludes halogenated alkanes) is 1. The van der Waals surface area contributed by atoms with Crippen molar-refractivity contribution in [2.75, 3.05) is 5.32 Å². The van der Waals surface area contributed by atoms with E-state index < -0.39 is 0 Å². The molecule has 0 saturated heterocycles. The molecule has 2 rings (SSSR count). The van der Waals surface area contributed by atoms with Crippen LogP contribution in [0, 0.1) is 5.92 Å². The van der Waals surface area contributed by atoms with Crippen molar-refractivity contribution in [2.45, 2.75) is 46.1 Å². The topological polar surface area (TPSA) is 83.8 Å². The van der Waals surface area contributed by atoms with Crippen LogP contribution in [0.1, 0.15) is 39.4 Å². The quantitative estimate of drug-likeness (QED) is 0.734. The minimum absolute atomic E-state index is 0. The molecule has 2 unspecified atom stereocenters. The highest BCUT2D eigenvalue weighted by atomic mass is 35.5. The molecule has 0 bridgehead atoms. The Morgan fingerprint density at radius 1 is 1.35 bits per heavy atom. The Kier molecular flexibility index (Phi) is 9.20. The van der Waals surface area contributed by atoms with Gasteiger partial charge in [-0.05, 0) is 31.5 Å². The molecule has 1 aromatic carbocycles. The summed E-state index contributed by atoms with van der Waals surface area (Å²) in [5.41, 5.74) is 8.40. The average Bonchev–Trinajstić information content (AvgIpc) is 2.86. The summed E-state index contributed by atoms with van der Waals surface area (Å²) in [5, 5.41) is 2.90. The fraction of sp³-hybridized carbons (Fsp3) is 0.500. The molecular formula is C16H26Cl2N4O. The summed E-state index contributed by atoms with van der Waals surface area (Å²) >= 11 is 0. The number of hydrogen-bond acceptors (Lipinski definition) is 3. The number of hydrogen-bond donors (Lipinski definition) is 3. The molecule has 0 saturated carbocycles. The minimum atomic E-state index is -0.220. The number of benzene rings is 1. The lowest BCUT2D eigenvalue weighted by atomic mass is 10.0. The molecule has 7 heteroatoms. The van der Waals surface area contributed by atoms with Crippen LogP contribution in [0.4, 0.5) is 5.69 Å². The molecule has 0 aliphatic rings. The Morgan fingerprint density at radius 3 is 2.65 bits per heavy atom. The summed E-state index contributed by atoms with van der Waals surface area (Å²) in [7, 11) is 0. The summed E-state index contributed by atoms with van der Waals surface area (Å²) in [5.74, 6) is 0.719. The zero-order valence-corrected chi connectivity index (χ0v) is 15.4. The highest BCUT2D eigenvalue weighted by molar-refractivity contribution is 5.94. The van der Waals surface area contributed by atoms with E-state index in [1.165, 1.54) is 0 Å². The van der Waals surface area contributed by atoms with Crippen molar-refractivity contribution in [3.63, 3.8) is 0 Å². The number of H-pyrrole nitrogens is 1. The van der Waals surface area contributed by atoms with E-state index in [2.05, 4.69) is 22.2 Å². The molecule has 5 nitrogen and oxygen atoms in total. The van der Waals surface area contributed by atoms with E-state index in [1.807, 2.05) is 32.0 Å².